The SMILES string of the molecule is C[NH2+]C(C(C)(C)C)C(C)(C)C. The number of rotatable bonds is 1. The van der Waals surface area contributed by atoms with E-state index in [0.717, 1.165) is 0 Å². The summed E-state index contributed by atoms with van der Waals surface area (Å²) in [5, 5.41) is 2.33. The molecule has 0 bridgehead atoms. The molecule has 0 fully saturated rings. The Balaban J connectivity index is 4.43. The smallest absolute Gasteiger partial charge is 0.0954 e. The van der Waals surface area contributed by atoms with E-state index in [0.29, 0.717) is 16.9 Å². The molecule has 0 aliphatic heterocycles. The lowest BCUT2D eigenvalue weighted by Crippen LogP contribution is -2.91. The summed E-state index contributed by atoms with van der Waals surface area (Å²) in [5.41, 5.74) is 0.792. The van der Waals surface area contributed by atoms with Crippen LogP contribution in [0.5, 0.6) is 0 Å². The second-order valence-corrected chi connectivity index (χ2v) is 5.54. The van der Waals surface area contributed by atoms with Crippen molar-refractivity contribution in [1.29, 1.82) is 0 Å². The molecule has 0 rings (SSSR count). The Morgan fingerprint density at radius 2 is 1.09 bits per heavy atom. The van der Waals surface area contributed by atoms with Gasteiger partial charge in [-0.1, -0.05) is 41.5 Å². The van der Waals surface area contributed by atoms with Gasteiger partial charge in [-0.3, -0.25) is 0 Å². The van der Waals surface area contributed by atoms with Gasteiger partial charge < -0.3 is 5.32 Å². The number of nitrogens with two attached hydrogens (primary N) is 1. The van der Waals surface area contributed by atoms with E-state index < -0.39 is 0 Å². The Bertz CT molecular complexity index is 99.8. The molecule has 0 aromatic carbocycles. The topological polar surface area (TPSA) is 16.6 Å². The van der Waals surface area contributed by atoms with Gasteiger partial charge in [0.1, 0.15) is 0 Å². The number of quaternary nitrogens is 1. The predicted molar refractivity (Wildman–Crippen MR) is 50.5 cm³/mol. The van der Waals surface area contributed by atoms with Crippen molar-refractivity contribution in [3.63, 3.8) is 0 Å². The summed E-state index contributed by atoms with van der Waals surface area (Å²) >= 11 is 0. The zero-order valence-corrected chi connectivity index (χ0v) is 9.15. The molecule has 0 radical (unpaired) electrons. The van der Waals surface area contributed by atoms with Crippen LogP contribution in [-0.4, -0.2) is 13.1 Å². The van der Waals surface area contributed by atoms with Crippen LogP contribution in [-0.2, 0) is 0 Å². The Labute approximate surface area is 71.6 Å². The Morgan fingerprint density at radius 1 is 0.818 bits per heavy atom. The third kappa shape index (κ3) is 3.24. The predicted octanol–water partition coefficient (Wildman–Crippen LogP) is 1.64. The van der Waals surface area contributed by atoms with Crippen molar-refractivity contribution in [2.75, 3.05) is 7.05 Å². The van der Waals surface area contributed by atoms with Crippen LogP contribution in [0.15, 0.2) is 0 Å². The highest BCUT2D eigenvalue weighted by Gasteiger charge is 2.36. The minimum Gasteiger partial charge on any atom is -0.345 e. The van der Waals surface area contributed by atoms with E-state index in [2.05, 4.69) is 53.9 Å². The maximum absolute atomic E-state index is 2.33. The van der Waals surface area contributed by atoms with Gasteiger partial charge in [-0.25, -0.2) is 0 Å². The molecular formula is C10H24N+. The summed E-state index contributed by atoms with van der Waals surface area (Å²) < 4.78 is 0. The number of hydrogen-bond donors (Lipinski definition) is 1. The maximum Gasteiger partial charge on any atom is 0.0954 e. The summed E-state index contributed by atoms with van der Waals surface area (Å²) in [5.74, 6) is 0. The van der Waals surface area contributed by atoms with Crippen LogP contribution in [0.2, 0.25) is 0 Å². The van der Waals surface area contributed by atoms with Crippen LogP contribution < -0.4 is 5.32 Å². The second-order valence-electron chi connectivity index (χ2n) is 5.54. The first kappa shape index (κ1) is 11.0. The molecular weight excluding hydrogens is 134 g/mol. The van der Waals surface area contributed by atoms with Gasteiger partial charge >= 0.3 is 0 Å². The van der Waals surface area contributed by atoms with Crippen molar-refractivity contribution >= 4 is 0 Å². The van der Waals surface area contributed by atoms with Gasteiger partial charge in [0.2, 0.25) is 0 Å². The van der Waals surface area contributed by atoms with Gasteiger partial charge in [-0.05, 0) is 0 Å². The van der Waals surface area contributed by atoms with E-state index in [9.17, 15) is 0 Å². The van der Waals surface area contributed by atoms with Crippen LogP contribution in [0.4, 0.5) is 0 Å². The lowest BCUT2D eigenvalue weighted by Gasteiger charge is -2.37. The minimum absolute atomic E-state index is 0.396. The normalized spacial score (nSPS) is 14.2. The van der Waals surface area contributed by atoms with E-state index in [4.69, 9.17) is 0 Å². The first-order valence-electron chi connectivity index (χ1n) is 4.49. The number of hydrogen-bond acceptors (Lipinski definition) is 0. The summed E-state index contributed by atoms with van der Waals surface area (Å²) in [6.07, 6.45) is 0. The average molecular weight is 158 g/mol. The highest BCUT2D eigenvalue weighted by atomic mass is 14.9. The molecule has 0 saturated carbocycles. The molecule has 0 aliphatic rings. The van der Waals surface area contributed by atoms with Crippen LogP contribution in [0.1, 0.15) is 41.5 Å². The first-order chi connectivity index (χ1) is 4.69. The Kier molecular flexibility index (Phi) is 3.13. The molecule has 0 amide bonds. The zero-order chi connectivity index (χ0) is 9.28. The standard InChI is InChI=1S/C10H23N/c1-9(2,3)8(11-7)10(4,5)6/h8,11H,1-7H3/p+1. The molecule has 68 valence electrons. The van der Waals surface area contributed by atoms with Crippen molar-refractivity contribution in [2.45, 2.75) is 47.6 Å². The fraction of sp³-hybridized carbons (Fsp3) is 1.00. The molecule has 0 unspecified atom stereocenters. The van der Waals surface area contributed by atoms with Crippen molar-refractivity contribution in [3.05, 3.63) is 0 Å². The fourth-order valence-electron chi connectivity index (χ4n) is 2.30. The van der Waals surface area contributed by atoms with Gasteiger partial charge in [-0.15, -0.1) is 0 Å². The molecule has 0 atom stereocenters. The van der Waals surface area contributed by atoms with Gasteiger partial charge in [-0.2, -0.15) is 0 Å². The first-order valence-corrected chi connectivity index (χ1v) is 4.49. The molecule has 0 heterocycles. The van der Waals surface area contributed by atoms with E-state index >= 15 is 0 Å². The Morgan fingerprint density at radius 3 is 1.09 bits per heavy atom. The lowest BCUT2D eigenvalue weighted by molar-refractivity contribution is -0.689. The van der Waals surface area contributed by atoms with Gasteiger partial charge in [0.25, 0.3) is 0 Å². The maximum atomic E-state index is 2.33. The zero-order valence-electron chi connectivity index (χ0n) is 9.15. The van der Waals surface area contributed by atoms with E-state index in [1.54, 1.807) is 0 Å². The molecule has 0 spiro atoms. The molecule has 0 aliphatic carbocycles. The van der Waals surface area contributed by atoms with Crippen molar-refractivity contribution in [1.82, 2.24) is 0 Å². The summed E-state index contributed by atoms with van der Waals surface area (Å²) in [6.45, 7) is 13.9. The van der Waals surface area contributed by atoms with Crippen LogP contribution in [0.25, 0.3) is 0 Å². The lowest BCUT2D eigenvalue weighted by atomic mass is 9.72. The van der Waals surface area contributed by atoms with Gasteiger partial charge in [0.15, 0.2) is 0 Å². The largest absolute Gasteiger partial charge is 0.345 e. The van der Waals surface area contributed by atoms with Crippen molar-refractivity contribution < 1.29 is 5.32 Å². The third-order valence-electron chi connectivity index (χ3n) is 2.20. The molecule has 1 heteroatoms. The quantitative estimate of drug-likeness (QED) is 0.597. The second kappa shape index (κ2) is 3.14. The molecule has 0 saturated heterocycles. The highest BCUT2D eigenvalue weighted by molar-refractivity contribution is 4.82. The van der Waals surface area contributed by atoms with E-state index in [1.165, 1.54) is 0 Å². The van der Waals surface area contributed by atoms with E-state index in [1.807, 2.05) is 0 Å². The fourth-order valence-corrected chi connectivity index (χ4v) is 2.30. The van der Waals surface area contributed by atoms with Crippen LogP contribution in [0, 0.1) is 10.8 Å². The molecule has 1 nitrogen and oxygen atoms in total. The Hall–Kier alpha value is -0.0400. The molecule has 11 heavy (non-hydrogen) atoms. The molecule has 0 aromatic heterocycles. The van der Waals surface area contributed by atoms with Crippen LogP contribution in [0.3, 0.4) is 0 Å². The van der Waals surface area contributed by atoms with Crippen LogP contribution >= 0.6 is 0 Å². The van der Waals surface area contributed by atoms with Crippen molar-refractivity contribution in [3.8, 4) is 0 Å². The van der Waals surface area contributed by atoms with Gasteiger partial charge in [0.05, 0.1) is 13.1 Å². The summed E-state index contributed by atoms with van der Waals surface area (Å²) in [7, 11) is 2.17. The molecule has 2 N–H and O–H groups in total. The average Bonchev–Trinajstić information content (AvgIpc) is 1.56. The third-order valence-corrected chi connectivity index (χ3v) is 2.20. The van der Waals surface area contributed by atoms with Crippen molar-refractivity contribution in [2.24, 2.45) is 10.8 Å². The monoisotopic (exact) mass is 158 g/mol. The van der Waals surface area contributed by atoms with Gasteiger partial charge in [0, 0.05) is 10.8 Å². The highest BCUT2D eigenvalue weighted by Crippen LogP contribution is 2.30. The van der Waals surface area contributed by atoms with E-state index in [-0.39, 0.29) is 0 Å². The summed E-state index contributed by atoms with van der Waals surface area (Å²) in [6, 6.07) is 0.690. The molecule has 0 aromatic rings. The summed E-state index contributed by atoms with van der Waals surface area (Å²) in [4.78, 5) is 0. The minimum atomic E-state index is 0.396.